The summed E-state index contributed by atoms with van der Waals surface area (Å²) >= 11 is 0. The van der Waals surface area contributed by atoms with E-state index in [9.17, 15) is 0 Å². The van der Waals surface area contributed by atoms with Gasteiger partial charge in [-0.05, 0) is 25.2 Å². The van der Waals surface area contributed by atoms with Crippen LogP contribution in [0.2, 0.25) is 0 Å². The Balaban J connectivity index is 1.79. The summed E-state index contributed by atoms with van der Waals surface area (Å²) in [4.78, 5) is 3.95. The van der Waals surface area contributed by atoms with Crippen molar-refractivity contribution in [2.75, 3.05) is 0 Å². The fourth-order valence-electron chi connectivity index (χ4n) is 1.39. The van der Waals surface area contributed by atoms with Gasteiger partial charge in [0.15, 0.2) is 5.82 Å². The van der Waals surface area contributed by atoms with E-state index in [0.717, 1.165) is 5.82 Å². The molecule has 0 spiro atoms. The van der Waals surface area contributed by atoms with Gasteiger partial charge in [0.1, 0.15) is 0 Å². The van der Waals surface area contributed by atoms with Crippen LogP contribution in [0, 0.1) is 5.41 Å². The summed E-state index contributed by atoms with van der Waals surface area (Å²) < 4.78 is 4.65. The molecule has 72 valence electrons. The van der Waals surface area contributed by atoms with Crippen LogP contribution < -0.4 is 5.32 Å². The highest BCUT2D eigenvalue weighted by molar-refractivity contribution is 4.97. The molecule has 1 fully saturated rings. The summed E-state index contributed by atoms with van der Waals surface area (Å²) in [5.41, 5.74) is 0.504. The quantitative estimate of drug-likeness (QED) is 0.761. The monoisotopic (exact) mass is 181 g/mol. The summed E-state index contributed by atoms with van der Waals surface area (Å²) in [5.74, 6) is 0.733. The van der Waals surface area contributed by atoms with E-state index in [-0.39, 0.29) is 0 Å². The lowest BCUT2D eigenvalue weighted by atomic mass is 10.0. The Morgan fingerprint density at radius 1 is 1.69 bits per heavy atom. The molecular formula is C9H15N3O. The van der Waals surface area contributed by atoms with Gasteiger partial charge in [-0.3, -0.25) is 0 Å². The molecule has 1 aliphatic rings. The molecule has 1 saturated carbocycles. The van der Waals surface area contributed by atoms with E-state index in [0.29, 0.717) is 18.0 Å². The van der Waals surface area contributed by atoms with Gasteiger partial charge in [0.25, 0.3) is 0 Å². The molecule has 1 aliphatic carbocycles. The lowest BCUT2D eigenvalue weighted by molar-refractivity contribution is 0.366. The van der Waals surface area contributed by atoms with E-state index in [4.69, 9.17) is 0 Å². The van der Waals surface area contributed by atoms with Gasteiger partial charge in [0.05, 0.1) is 6.54 Å². The lowest BCUT2D eigenvalue weighted by Crippen LogP contribution is -2.33. The smallest absolute Gasteiger partial charge is 0.213 e. The second-order valence-electron chi connectivity index (χ2n) is 4.10. The van der Waals surface area contributed by atoms with Crippen molar-refractivity contribution >= 4 is 0 Å². The van der Waals surface area contributed by atoms with Crippen LogP contribution in [0.4, 0.5) is 0 Å². The largest absolute Gasteiger partial charge is 0.343 e. The van der Waals surface area contributed by atoms with Crippen LogP contribution in [0.25, 0.3) is 0 Å². The van der Waals surface area contributed by atoms with Crippen LogP contribution >= 0.6 is 0 Å². The molecule has 4 nitrogen and oxygen atoms in total. The number of rotatable bonds is 4. The second kappa shape index (κ2) is 3.10. The second-order valence-corrected chi connectivity index (χ2v) is 4.10. The summed E-state index contributed by atoms with van der Waals surface area (Å²) in [6.07, 6.45) is 4.02. The number of hydrogen-bond acceptors (Lipinski definition) is 4. The van der Waals surface area contributed by atoms with E-state index >= 15 is 0 Å². The standard InChI is InChI=1S/C9H15N3O/c1-7(9(2)3-4-9)10-5-8-11-6-13-12-8/h6-7,10H,3-5H2,1-2H3. The minimum absolute atomic E-state index is 0.504. The Kier molecular flexibility index (Phi) is 2.07. The van der Waals surface area contributed by atoms with E-state index in [1.165, 1.54) is 19.2 Å². The maximum Gasteiger partial charge on any atom is 0.213 e. The van der Waals surface area contributed by atoms with Gasteiger partial charge >= 0.3 is 0 Å². The molecule has 1 aromatic heterocycles. The number of nitrogens with zero attached hydrogens (tertiary/aromatic N) is 2. The molecule has 0 bridgehead atoms. The van der Waals surface area contributed by atoms with Crippen molar-refractivity contribution in [3.8, 4) is 0 Å². The Labute approximate surface area is 77.7 Å². The maximum absolute atomic E-state index is 4.65. The lowest BCUT2D eigenvalue weighted by Gasteiger charge is -2.19. The first kappa shape index (κ1) is 8.69. The highest BCUT2D eigenvalue weighted by Gasteiger charge is 2.42. The summed E-state index contributed by atoms with van der Waals surface area (Å²) in [5, 5.41) is 7.14. The normalized spacial score (nSPS) is 21.4. The van der Waals surface area contributed by atoms with E-state index in [1.54, 1.807) is 0 Å². The van der Waals surface area contributed by atoms with Gasteiger partial charge in [-0.25, -0.2) is 0 Å². The van der Waals surface area contributed by atoms with Crippen molar-refractivity contribution in [2.45, 2.75) is 39.3 Å². The van der Waals surface area contributed by atoms with Crippen molar-refractivity contribution in [3.05, 3.63) is 12.2 Å². The molecule has 1 N–H and O–H groups in total. The Bertz CT molecular complexity index is 266. The molecule has 13 heavy (non-hydrogen) atoms. The third-order valence-corrected chi connectivity index (χ3v) is 3.06. The molecule has 4 heteroatoms. The van der Waals surface area contributed by atoms with Gasteiger partial charge in [-0.2, -0.15) is 4.98 Å². The first-order valence-electron chi connectivity index (χ1n) is 4.69. The van der Waals surface area contributed by atoms with Crippen molar-refractivity contribution in [2.24, 2.45) is 5.41 Å². The fraction of sp³-hybridized carbons (Fsp3) is 0.778. The van der Waals surface area contributed by atoms with Crippen molar-refractivity contribution in [1.29, 1.82) is 0 Å². The fourth-order valence-corrected chi connectivity index (χ4v) is 1.39. The zero-order valence-electron chi connectivity index (χ0n) is 8.08. The molecule has 0 aliphatic heterocycles. The van der Waals surface area contributed by atoms with E-state index in [2.05, 4.69) is 33.8 Å². The molecule has 0 aromatic carbocycles. The van der Waals surface area contributed by atoms with Crippen LogP contribution in [-0.2, 0) is 6.54 Å². The first-order chi connectivity index (χ1) is 6.21. The molecule has 0 saturated heterocycles. The number of hydrogen-bond donors (Lipinski definition) is 1. The molecule has 2 rings (SSSR count). The first-order valence-corrected chi connectivity index (χ1v) is 4.69. The van der Waals surface area contributed by atoms with Crippen LogP contribution in [-0.4, -0.2) is 16.2 Å². The molecule has 1 heterocycles. The zero-order chi connectivity index (χ0) is 9.31. The molecule has 1 unspecified atom stereocenters. The number of aromatic nitrogens is 2. The average Bonchev–Trinajstić information content (AvgIpc) is 2.70. The summed E-state index contributed by atoms with van der Waals surface area (Å²) in [6, 6.07) is 0.533. The molecule has 0 amide bonds. The Morgan fingerprint density at radius 3 is 3.00 bits per heavy atom. The minimum Gasteiger partial charge on any atom is -0.343 e. The molecule has 1 aromatic rings. The van der Waals surface area contributed by atoms with Crippen molar-refractivity contribution in [1.82, 2.24) is 15.5 Å². The molecule has 0 radical (unpaired) electrons. The summed E-state index contributed by atoms with van der Waals surface area (Å²) in [7, 11) is 0. The molecular weight excluding hydrogens is 166 g/mol. The third-order valence-electron chi connectivity index (χ3n) is 3.06. The highest BCUT2D eigenvalue weighted by Crippen LogP contribution is 2.47. The van der Waals surface area contributed by atoms with Crippen molar-refractivity contribution in [3.63, 3.8) is 0 Å². The SMILES string of the molecule is CC(NCc1ncon1)C1(C)CC1. The topological polar surface area (TPSA) is 51.0 Å². The predicted molar refractivity (Wildman–Crippen MR) is 47.9 cm³/mol. The van der Waals surface area contributed by atoms with Gasteiger partial charge in [0.2, 0.25) is 6.39 Å². The van der Waals surface area contributed by atoms with E-state index in [1.807, 2.05) is 0 Å². The van der Waals surface area contributed by atoms with Gasteiger partial charge in [-0.1, -0.05) is 12.1 Å². The third kappa shape index (κ3) is 1.88. The van der Waals surface area contributed by atoms with Crippen LogP contribution in [0.3, 0.4) is 0 Å². The van der Waals surface area contributed by atoms with Crippen LogP contribution in [0.1, 0.15) is 32.5 Å². The average molecular weight is 181 g/mol. The van der Waals surface area contributed by atoms with Gasteiger partial charge in [0, 0.05) is 6.04 Å². The predicted octanol–water partition coefficient (Wildman–Crippen LogP) is 1.35. The highest BCUT2D eigenvalue weighted by atomic mass is 16.5. The van der Waals surface area contributed by atoms with Gasteiger partial charge < -0.3 is 9.84 Å². The maximum atomic E-state index is 4.65. The van der Waals surface area contributed by atoms with Crippen molar-refractivity contribution < 1.29 is 4.52 Å². The number of nitrogens with one attached hydrogen (secondary N) is 1. The van der Waals surface area contributed by atoms with Crippen LogP contribution in [0.15, 0.2) is 10.9 Å². The zero-order valence-corrected chi connectivity index (χ0v) is 8.08. The summed E-state index contributed by atoms with van der Waals surface area (Å²) in [6.45, 7) is 5.22. The molecule has 1 atom stereocenters. The Hall–Kier alpha value is -0.900. The van der Waals surface area contributed by atoms with Gasteiger partial charge in [-0.15, -0.1) is 0 Å². The van der Waals surface area contributed by atoms with E-state index < -0.39 is 0 Å². The Morgan fingerprint density at radius 2 is 2.46 bits per heavy atom. The van der Waals surface area contributed by atoms with Crippen LogP contribution in [0.5, 0.6) is 0 Å². The minimum atomic E-state index is 0.504.